The van der Waals surface area contributed by atoms with Gasteiger partial charge >= 0.3 is 5.97 Å². The lowest BCUT2D eigenvalue weighted by molar-refractivity contribution is -0.145. The Balaban J connectivity index is 3.04. The molecule has 0 saturated carbocycles. The Morgan fingerprint density at radius 2 is 0.879 bits per heavy atom. The van der Waals surface area contributed by atoms with E-state index >= 15 is 0 Å². The van der Waals surface area contributed by atoms with E-state index in [2.05, 4.69) is 14.9 Å². The first-order valence-electron chi connectivity index (χ1n) is 10.8. The highest BCUT2D eigenvalue weighted by Gasteiger charge is 2.00. The summed E-state index contributed by atoms with van der Waals surface area (Å²) in [6, 6.07) is 0. The molecule has 0 saturated heterocycles. The maximum absolute atomic E-state index is 10.7. The van der Waals surface area contributed by atoms with Crippen molar-refractivity contribution in [2.75, 3.05) is 112 Å². The molecule has 0 heterocycles. The Morgan fingerprint density at radius 3 is 1.18 bits per heavy atom. The van der Waals surface area contributed by atoms with Crippen molar-refractivity contribution in [3.8, 4) is 0 Å². The molecule has 0 aliphatic carbocycles. The molecule has 0 aromatic heterocycles. The van der Waals surface area contributed by atoms with Crippen molar-refractivity contribution in [2.24, 2.45) is 11.0 Å². The van der Waals surface area contributed by atoms with Gasteiger partial charge in [-0.3, -0.25) is 4.79 Å². The summed E-state index contributed by atoms with van der Waals surface area (Å²) < 4.78 is 42.6. The highest BCUT2D eigenvalue weighted by molar-refractivity contribution is 5.68. The van der Waals surface area contributed by atoms with E-state index in [1.54, 1.807) is 0 Å². The fourth-order valence-electron chi connectivity index (χ4n) is 2.01. The number of carbonyl (C=O) groups is 1. The third-order valence-electron chi connectivity index (χ3n) is 3.58. The molecule has 0 aliphatic heterocycles. The summed E-state index contributed by atoms with van der Waals surface area (Å²) in [7, 11) is 0. The van der Waals surface area contributed by atoms with Crippen LogP contribution in [0.2, 0.25) is 0 Å². The van der Waals surface area contributed by atoms with Gasteiger partial charge in [-0.05, 0) is 5.53 Å². The molecule has 0 aliphatic rings. The first-order chi connectivity index (χ1) is 16.3. The van der Waals surface area contributed by atoms with Gasteiger partial charge in [-0.15, -0.1) is 0 Å². The average molecular weight is 483 g/mol. The Labute approximate surface area is 194 Å². The van der Waals surface area contributed by atoms with Gasteiger partial charge in [0, 0.05) is 11.5 Å². The lowest BCUT2D eigenvalue weighted by Gasteiger charge is -2.08. The second-order valence-electron chi connectivity index (χ2n) is 6.09. The molecule has 0 bridgehead atoms. The van der Waals surface area contributed by atoms with Crippen molar-refractivity contribution in [2.45, 2.75) is 6.42 Å². The molecule has 0 spiro atoms. The number of nitrogens with two attached hydrogens (primary N) is 1. The van der Waals surface area contributed by atoms with Crippen LogP contribution in [0.25, 0.3) is 10.4 Å². The van der Waals surface area contributed by atoms with Gasteiger partial charge < -0.3 is 42.7 Å². The lowest BCUT2D eigenvalue weighted by atomic mass is 10.5. The van der Waals surface area contributed by atoms with Crippen LogP contribution in [-0.2, 0) is 47.5 Å². The van der Waals surface area contributed by atoms with E-state index < -0.39 is 5.97 Å². The molecule has 0 atom stereocenters. The Kier molecular flexibility index (Phi) is 27.1. The summed E-state index contributed by atoms with van der Waals surface area (Å²) >= 11 is 0. The minimum absolute atomic E-state index is 0.120. The van der Waals surface area contributed by atoms with Gasteiger partial charge in [0.25, 0.3) is 0 Å². The minimum Gasteiger partial charge on any atom is -0.379 e. The molecule has 0 unspecified atom stereocenters. The number of hydrogen-bond donors (Lipinski definition) is 1. The number of carbonyl (C=O) groups excluding carboxylic acids is 1. The normalized spacial score (nSPS) is 10.8. The third kappa shape index (κ3) is 28.4. The standard InChI is InChI=1S/C19H38N4O10/c20-23-22-2-4-26-6-8-28-10-12-30-14-16-32-18-17-31-15-13-29-11-9-27-7-5-25-3-1-19(24)33-21/h1-18,21H2. The van der Waals surface area contributed by atoms with E-state index in [0.717, 1.165) is 0 Å². The summed E-state index contributed by atoms with van der Waals surface area (Å²) in [5.41, 5.74) is 8.10. The van der Waals surface area contributed by atoms with E-state index in [-0.39, 0.29) is 13.0 Å². The lowest BCUT2D eigenvalue weighted by Crippen LogP contribution is -2.15. The van der Waals surface area contributed by atoms with Crippen LogP contribution in [0.5, 0.6) is 0 Å². The predicted molar refractivity (Wildman–Crippen MR) is 115 cm³/mol. The van der Waals surface area contributed by atoms with E-state index in [4.69, 9.17) is 49.3 Å². The zero-order chi connectivity index (χ0) is 24.1. The molecule has 33 heavy (non-hydrogen) atoms. The summed E-state index contributed by atoms with van der Waals surface area (Å²) in [5, 5.41) is 3.36. The smallest absolute Gasteiger partial charge is 0.326 e. The van der Waals surface area contributed by atoms with Crippen LogP contribution in [0.3, 0.4) is 0 Å². The van der Waals surface area contributed by atoms with Crippen molar-refractivity contribution in [3.63, 3.8) is 0 Å². The van der Waals surface area contributed by atoms with E-state index in [9.17, 15) is 4.79 Å². The largest absolute Gasteiger partial charge is 0.379 e. The van der Waals surface area contributed by atoms with Crippen LogP contribution in [0.1, 0.15) is 6.42 Å². The Bertz CT molecular complexity index is 470. The van der Waals surface area contributed by atoms with Crippen LogP contribution in [0.15, 0.2) is 5.11 Å². The van der Waals surface area contributed by atoms with Gasteiger partial charge in [-0.1, -0.05) is 5.11 Å². The van der Waals surface area contributed by atoms with Crippen molar-refractivity contribution in [3.05, 3.63) is 10.4 Å². The Morgan fingerprint density at radius 1 is 0.576 bits per heavy atom. The van der Waals surface area contributed by atoms with E-state index in [0.29, 0.717) is 106 Å². The monoisotopic (exact) mass is 482 g/mol. The molecule has 0 aromatic rings. The average Bonchev–Trinajstić information content (AvgIpc) is 2.83. The van der Waals surface area contributed by atoms with Gasteiger partial charge in [0.2, 0.25) is 0 Å². The van der Waals surface area contributed by atoms with Crippen molar-refractivity contribution in [1.29, 1.82) is 0 Å². The second kappa shape index (κ2) is 28.5. The molecule has 194 valence electrons. The first kappa shape index (κ1) is 31.4. The van der Waals surface area contributed by atoms with Gasteiger partial charge in [-0.2, -0.15) is 5.90 Å². The Hall–Kier alpha value is -1.58. The molecule has 0 rings (SSSR count). The van der Waals surface area contributed by atoms with Crippen LogP contribution in [-0.4, -0.2) is 118 Å². The zero-order valence-electron chi connectivity index (χ0n) is 19.2. The molecule has 2 N–H and O–H groups in total. The molecule has 0 fully saturated rings. The molecule has 14 heteroatoms. The highest BCUT2D eigenvalue weighted by atomic mass is 16.7. The van der Waals surface area contributed by atoms with Crippen molar-refractivity contribution >= 4 is 5.97 Å². The number of hydrogen-bond acceptors (Lipinski definition) is 12. The van der Waals surface area contributed by atoms with Gasteiger partial charge in [-0.25, -0.2) is 0 Å². The summed E-state index contributed by atoms with van der Waals surface area (Å²) in [6.45, 7) is 7.47. The number of rotatable bonds is 27. The summed E-state index contributed by atoms with van der Waals surface area (Å²) in [4.78, 5) is 17.4. The van der Waals surface area contributed by atoms with Crippen LogP contribution in [0, 0.1) is 0 Å². The summed E-state index contributed by atoms with van der Waals surface area (Å²) in [5.74, 6) is 4.19. The second-order valence-corrected chi connectivity index (χ2v) is 6.09. The minimum atomic E-state index is -0.509. The van der Waals surface area contributed by atoms with Crippen LogP contribution >= 0.6 is 0 Å². The first-order valence-corrected chi connectivity index (χ1v) is 10.8. The van der Waals surface area contributed by atoms with E-state index in [1.165, 1.54) is 0 Å². The van der Waals surface area contributed by atoms with Crippen LogP contribution in [0.4, 0.5) is 0 Å². The zero-order valence-corrected chi connectivity index (χ0v) is 19.2. The molecule has 14 nitrogen and oxygen atoms in total. The third-order valence-corrected chi connectivity index (χ3v) is 3.58. The molecular weight excluding hydrogens is 444 g/mol. The number of azide groups is 1. The van der Waals surface area contributed by atoms with Gasteiger partial charge in [0.1, 0.15) is 0 Å². The fourth-order valence-corrected chi connectivity index (χ4v) is 2.01. The van der Waals surface area contributed by atoms with Crippen molar-refractivity contribution < 1.29 is 47.5 Å². The maximum Gasteiger partial charge on any atom is 0.326 e. The van der Waals surface area contributed by atoms with Gasteiger partial charge in [0.15, 0.2) is 0 Å². The van der Waals surface area contributed by atoms with E-state index in [1.807, 2.05) is 0 Å². The quantitative estimate of drug-likeness (QED) is 0.0558. The summed E-state index contributed by atoms with van der Waals surface area (Å²) in [6.07, 6.45) is 0.120. The topological polar surface area (TPSA) is 175 Å². The molecule has 0 radical (unpaired) electrons. The van der Waals surface area contributed by atoms with Crippen molar-refractivity contribution in [1.82, 2.24) is 0 Å². The molecular formula is C19H38N4O10. The number of ether oxygens (including phenoxy) is 8. The number of nitrogens with zero attached hydrogens (tertiary/aromatic N) is 3. The van der Waals surface area contributed by atoms with Gasteiger partial charge in [0.05, 0.1) is 112 Å². The maximum atomic E-state index is 10.7. The highest BCUT2D eigenvalue weighted by Crippen LogP contribution is 1.87. The SMILES string of the molecule is [N-]=[N+]=NCCOCCOCCOCCOCCOCCOCCOCCOCCC(=O)ON. The molecule has 0 amide bonds. The molecule has 0 aromatic carbocycles. The fraction of sp³-hybridized carbons (Fsp3) is 0.947. The van der Waals surface area contributed by atoms with Crippen LogP contribution < -0.4 is 5.90 Å². The predicted octanol–water partition coefficient (Wildman–Crippen LogP) is 0.237.